The molecule has 2 N–H and O–H groups in total. The largest absolute Gasteiger partial charge is 0.433 e. The van der Waals surface area contributed by atoms with Gasteiger partial charge in [0, 0.05) is 11.1 Å². The number of hydrogen-bond acceptors (Lipinski definition) is 8. The highest BCUT2D eigenvalue weighted by Gasteiger charge is 2.35. The van der Waals surface area contributed by atoms with Crippen LogP contribution in [0.25, 0.3) is 11.4 Å². The van der Waals surface area contributed by atoms with Gasteiger partial charge >= 0.3 is 6.18 Å². The molecular weight excluding hydrogens is 535 g/mol. The van der Waals surface area contributed by atoms with Crippen LogP contribution in [0.5, 0.6) is 0 Å². The van der Waals surface area contributed by atoms with Gasteiger partial charge in [0.15, 0.2) is 0 Å². The van der Waals surface area contributed by atoms with Gasteiger partial charge in [-0.3, -0.25) is 4.31 Å². The molecule has 0 bridgehead atoms. The van der Waals surface area contributed by atoms with Crippen LogP contribution in [0.15, 0.2) is 64.0 Å². The summed E-state index contributed by atoms with van der Waals surface area (Å²) in [5.74, 6) is -0.0192. The summed E-state index contributed by atoms with van der Waals surface area (Å²) >= 11 is 0. The lowest BCUT2D eigenvalue weighted by Gasteiger charge is -2.25. The first kappa shape index (κ1) is 26.6. The summed E-state index contributed by atoms with van der Waals surface area (Å²) in [7, 11) is -4.18. The number of aliphatic hydroxyl groups excluding tert-OH is 1. The number of fused-ring (bicyclic) bond motifs is 2. The van der Waals surface area contributed by atoms with Crippen LogP contribution in [0.4, 0.5) is 30.4 Å². The molecule has 9 nitrogen and oxygen atoms in total. The maximum absolute atomic E-state index is 14.0. The Morgan fingerprint density at radius 3 is 2.51 bits per heavy atom. The molecule has 0 unspecified atom stereocenters. The lowest BCUT2D eigenvalue weighted by molar-refractivity contribution is -0.141. The first-order valence-corrected chi connectivity index (χ1v) is 13.6. The fourth-order valence-corrected chi connectivity index (χ4v) is 5.67. The van der Waals surface area contributed by atoms with Crippen LogP contribution in [-0.2, 0) is 35.8 Å². The van der Waals surface area contributed by atoms with Gasteiger partial charge in [0.2, 0.25) is 5.82 Å². The predicted molar refractivity (Wildman–Crippen MR) is 137 cm³/mol. The highest BCUT2D eigenvalue weighted by atomic mass is 32.2. The van der Waals surface area contributed by atoms with Crippen LogP contribution in [0.1, 0.15) is 42.5 Å². The van der Waals surface area contributed by atoms with E-state index in [9.17, 15) is 26.7 Å². The first-order valence-electron chi connectivity index (χ1n) is 12.1. The lowest BCUT2D eigenvalue weighted by Crippen LogP contribution is -2.30. The highest BCUT2D eigenvalue weighted by Crippen LogP contribution is 2.41. The molecule has 2 aromatic carbocycles. The van der Waals surface area contributed by atoms with Gasteiger partial charge in [-0.25, -0.2) is 13.4 Å². The summed E-state index contributed by atoms with van der Waals surface area (Å²) in [6, 6.07) is 13.2. The van der Waals surface area contributed by atoms with E-state index in [2.05, 4.69) is 27.4 Å². The van der Waals surface area contributed by atoms with Crippen LogP contribution < -0.4 is 9.62 Å². The number of halogens is 3. The maximum atomic E-state index is 14.0. The number of aliphatic hydroxyl groups is 1. The molecule has 3 heterocycles. The number of pyridine rings is 1. The van der Waals surface area contributed by atoms with E-state index in [4.69, 9.17) is 4.52 Å². The van der Waals surface area contributed by atoms with Crippen LogP contribution in [0, 0.1) is 0 Å². The number of aromatic nitrogens is 3. The smallest absolute Gasteiger partial charge is 0.387 e. The quantitative estimate of drug-likeness (QED) is 0.307. The average molecular weight is 560 g/mol. The Labute approximate surface area is 222 Å². The molecule has 1 aliphatic heterocycles. The first-order chi connectivity index (χ1) is 18.6. The molecule has 0 amide bonds. The third-order valence-corrected chi connectivity index (χ3v) is 8.07. The van der Waals surface area contributed by atoms with E-state index in [1.165, 1.54) is 30.3 Å². The molecular formula is C26H24F3N5O4S. The Hall–Kier alpha value is -3.97. The van der Waals surface area contributed by atoms with E-state index >= 15 is 0 Å². The number of alkyl halides is 3. The van der Waals surface area contributed by atoms with Gasteiger partial charge < -0.3 is 14.9 Å². The number of hydrogen-bond donors (Lipinski definition) is 2. The zero-order valence-corrected chi connectivity index (χ0v) is 21.6. The third kappa shape index (κ3) is 5.32. The summed E-state index contributed by atoms with van der Waals surface area (Å²) in [5.41, 5.74) is 0.911. The van der Waals surface area contributed by atoms with Crippen molar-refractivity contribution in [1.82, 2.24) is 15.1 Å². The second kappa shape index (κ2) is 10.3. The maximum Gasteiger partial charge on any atom is 0.433 e. The van der Waals surface area contributed by atoms with E-state index in [-0.39, 0.29) is 45.9 Å². The topological polar surface area (TPSA) is 121 Å². The average Bonchev–Trinajstić information content (AvgIpc) is 3.33. The molecule has 0 fully saturated rings. The van der Waals surface area contributed by atoms with Crippen LogP contribution >= 0.6 is 0 Å². The predicted octanol–water partition coefficient (Wildman–Crippen LogP) is 5.44. The van der Waals surface area contributed by atoms with Gasteiger partial charge in [0.05, 0.1) is 22.8 Å². The summed E-state index contributed by atoms with van der Waals surface area (Å²) in [4.78, 5) is 7.85. The zero-order chi connectivity index (χ0) is 27.8. The third-order valence-electron chi connectivity index (χ3n) is 6.29. The molecule has 5 rings (SSSR count). The molecule has 0 radical (unpaired) electrons. The SMILES string of the molecule is CCCCc1ccc(S(=O)(=O)N2Cc3ccc(C(F)(F)F)nc3Nc3ccc(-c4noc(CO)n4)cc32)cc1. The van der Waals surface area contributed by atoms with Gasteiger partial charge in [-0.15, -0.1) is 0 Å². The Balaban J connectivity index is 1.63. The minimum atomic E-state index is -4.68. The van der Waals surface area contributed by atoms with Crippen LogP contribution in [-0.4, -0.2) is 28.6 Å². The van der Waals surface area contributed by atoms with Crippen LogP contribution in [0.2, 0.25) is 0 Å². The molecule has 0 atom stereocenters. The second-order valence-corrected chi connectivity index (χ2v) is 10.9. The normalized spacial score (nSPS) is 13.4. The van der Waals surface area contributed by atoms with E-state index in [1.807, 2.05) is 0 Å². The van der Waals surface area contributed by atoms with Gasteiger partial charge in [-0.1, -0.05) is 36.7 Å². The van der Waals surface area contributed by atoms with Gasteiger partial charge in [0.1, 0.15) is 18.1 Å². The number of unbranched alkanes of at least 4 members (excludes halogenated alkanes) is 1. The standard InChI is InChI=1S/C26H24F3N5O4S/c1-2-3-4-16-5-9-19(10-6-16)39(36,37)34-14-18-8-12-22(26(27,28)29)31-24(18)30-20-11-7-17(13-21(20)34)25-32-23(15-35)38-33-25/h5-13,35H,2-4,14-15H2,1H3,(H,30,31). The molecule has 0 saturated heterocycles. The number of anilines is 3. The summed E-state index contributed by atoms with van der Waals surface area (Å²) in [5, 5.41) is 16.0. The Morgan fingerprint density at radius 1 is 1.08 bits per heavy atom. The van der Waals surface area contributed by atoms with E-state index in [0.717, 1.165) is 35.2 Å². The second-order valence-electron chi connectivity index (χ2n) is 8.99. The van der Waals surface area contributed by atoms with Crippen molar-refractivity contribution in [3.63, 3.8) is 0 Å². The number of sulfonamides is 1. The van der Waals surface area contributed by atoms with Crippen LogP contribution in [0.3, 0.4) is 0 Å². The molecule has 0 aliphatic carbocycles. The number of nitrogens with one attached hydrogen (secondary N) is 1. The highest BCUT2D eigenvalue weighted by molar-refractivity contribution is 7.92. The minimum absolute atomic E-state index is 0.0259. The number of rotatable bonds is 7. The van der Waals surface area contributed by atoms with Crippen molar-refractivity contribution in [2.45, 2.75) is 50.4 Å². The van der Waals surface area contributed by atoms with Crippen molar-refractivity contribution in [1.29, 1.82) is 0 Å². The zero-order valence-electron chi connectivity index (χ0n) is 20.7. The number of aryl methyl sites for hydroxylation is 1. The van der Waals surface area contributed by atoms with E-state index in [0.29, 0.717) is 5.56 Å². The molecule has 4 aromatic rings. The summed E-state index contributed by atoms with van der Waals surface area (Å²) in [6.45, 7) is 1.32. The van der Waals surface area contributed by atoms with Crippen molar-refractivity contribution in [3.05, 3.63) is 77.3 Å². The molecule has 39 heavy (non-hydrogen) atoms. The van der Waals surface area contributed by atoms with Crippen molar-refractivity contribution < 1.29 is 31.2 Å². The van der Waals surface area contributed by atoms with E-state index in [1.54, 1.807) is 18.2 Å². The van der Waals surface area contributed by atoms with Gasteiger partial charge in [-0.2, -0.15) is 18.2 Å². The Bertz CT molecular complexity index is 1600. The van der Waals surface area contributed by atoms with Gasteiger partial charge in [0.25, 0.3) is 15.9 Å². The van der Waals surface area contributed by atoms with E-state index < -0.39 is 28.5 Å². The fourth-order valence-electron chi connectivity index (χ4n) is 4.22. The number of benzene rings is 2. The Kier molecular flexibility index (Phi) is 7.03. The lowest BCUT2D eigenvalue weighted by atomic mass is 10.1. The van der Waals surface area contributed by atoms with Crippen molar-refractivity contribution in [2.75, 3.05) is 9.62 Å². The van der Waals surface area contributed by atoms with Crippen molar-refractivity contribution >= 4 is 27.2 Å². The van der Waals surface area contributed by atoms with Gasteiger partial charge in [-0.05, 0) is 54.8 Å². The molecule has 1 aliphatic rings. The summed E-state index contributed by atoms with van der Waals surface area (Å²) in [6.07, 6.45) is -1.89. The monoisotopic (exact) mass is 559 g/mol. The number of nitrogens with zero attached hydrogens (tertiary/aromatic N) is 4. The fraction of sp³-hybridized carbons (Fsp3) is 0.269. The molecule has 204 valence electrons. The molecule has 0 saturated carbocycles. The molecule has 2 aromatic heterocycles. The van der Waals surface area contributed by atoms with Crippen molar-refractivity contribution in [3.8, 4) is 11.4 Å². The molecule has 0 spiro atoms. The van der Waals surface area contributed by atoms with Crippen molar-refractivity contribution in [2.24, 2.45) is 0 Å². The summed E-state index contributed by atoms with van der Waals surface area (Å²) < 4.78 is 74.2. The Morgan fingerprint density at radius 2 is 1.85 bits per heavy atom. The minimum Gasteiger partial charge on any atom is -0.387 e. The molecule has 13 heteroatoms.